The van der Waals surface area contributed by atoms with Gasteiger partial charge in [-0.05, 0) is 43.3 Å². The number of likely N-dealkylation sites (N-methyl/N-ethyl adjacent to an activating group) is 1. The molecule has 9 heteroatoms. The average Bonchev–Trinajstić information content (AvgIpc) is 2.68. The molecule has 2 aromatic carbocycles. The number of hydrogen-bond acceptors (Lipinski definition) is 6. The Morgan fingerprint density at radius 1 is 1.07 bits per heavy atom. The number of para-hydroxylation sites is 1. The summed E-state index contributed by atoms with van der Waals surface area (Å²) in [5.41, 5.74) is 0.418. The van der Waals surface area contributed by atoms with Gasteiger partial charge in [0.25, 0.3) is 0 Å². The third-order valence-electron chi connectivity index (χ3n) is 3.82. The van der Waals surface area contributed by atoms with Crippen LogP contribution in [0.15, 0.2) is 53.4 Å². The molecule has 0 unspecified atom stereocenters. The molecular weight excluding hydrogens is 384 g/mol. The predicted molar refractivity (Wildman–Crippen MR) is 104 cm³/mol. The Hall–Kier alpha value is -2.91. The standard InChI is InChI=1S/C19H22N2O6S/c1-4-27-14-9-11-15(12-10-14)28(24,25)21(2)13-18(22)20-17-8-6-5-7-16(17)19(23)26-3/h5-12H,4,13H2,1-3H3,(H,20,22). The van der Waals surface area contributed by atoms with Crippen LogP contribution in [0.25, 0.3) is 0 Å². The lowest BCUT2D eigenvalue weighted by Gasteiger charge is -2.17. The Labute approximate surface area is 164 Å². The molecule has 150 valence electrons. The molecule has 0 aliphatic rings. The van der Waals surface area contributed by atoms with Crippen LogP contribution in [0, 0.1) is 0 Å². The summed E-state index contributed by atoms with van der Waals surface area (Å²) in [4.78, 5) is 24.1. The number of hydrogen-bond donors (Lipinski definition) is 1. The lowest BCUT2D eigenvalue weighted by Crippen LogP contribution is -2.35. The van der Waals surface area contributed by atoms with Crippen molar-refractivity contribution in [3.8, 4) is 5.75 Å². The minimum atomic E-state index is -3.86. The molecule has 0 bridgehead atoms. The van der Waals surface area contributed by atoms with E-state index in [0.29, 0.717) is 12.4 Å². The fraction of sp³-hybridized carbons (Fsp3) is 0.263. The molecule has 0 fully saturated rings. The first-order chi connectivity index (χ1) is 13.3. The van der Waals surface area contributed by atoms with Crippen molar-refractivity contribution in [3.63, 3.8) is 0 Å². The van der Waals surface area contributed by atoms with E-state index >= 15 is 0 Å². The molecule has 0 aromatic heterocycles. The van der Waals surface area contributed by atoms with E-state index in [1.807, 2.05) is 6.92 Å². The van der Waals surface area contributed by atoms with Gasteiger partial charge in [-0.2, -0.15) is 4.31 Å². The van der Waals surface area contributed by atoms with Gasteiger partial charge in [-0.15, -0.1) is 0 Å². The van der Waals surface area contributed by atoms with E-state index in [1.165, 1.54) is 38.4 Å². The van der Waals surface area contributed by atoms with Crippen molar-refractivity contribution in [2.24, 2.45) is 0 Å². The third-order valence-corrected chi connectivity index (χ3v) is 5.63. The Bertz CT molecular complexity index is 941. The number of anilines is 1. The van der Waals surface area contributed by atoms with E-state index in [0.717, 1.165) is 4.31 Å². The van der Waals surface area contributed by atoms with Gasteiger partial charge in [0.15, 0.2) is 0 Å². The van der Waals surface area contributed by atoms with Crippen LogP contribution in [0.3, 0.4) is 0 Å². The summed E-state index contributed by atoms with van der Waals surface area (Å²) >= 11 is 0. The second kappa shape index (κ2) is 9.34. The molecule has 0 aliphatic carbocycles. The number of methoxy groups -OCH3 is 1. The van der Waals surface area contributed by atoms with E-state index in [4.69, 9.17) is 4.74 Å². The SMILES string of the molecule is CCOc1ccc(S(=O)(=O)N(C)CC(=O)Nc2ccccc2C(=O)OC)cc1. The van der Waals surface area contributed by atoms with Crippen molar-refractivity contribution < 1.29 is 27.5 Å². The summed E-state index contributed by atoms with van der Waals surface area (Å²) in [6, 6.07) is 12.2. The molecule has 8 nitrogen and oxygen atoms in total. The fourth-order valence-electron chi connectivity index (χ4n) is 2.41. The first-order valence-electron chi connectivity index (χ1n) is 8.46. The highest BCUT2D eigenvalue weighted by Crippen LogP contribution is 2.20. The minimum absolute atomic E-state index is 0.0428. The molecule has 0 spiro atoms. The second-order valence-corrected chi connectivity index (χ2v) is 7.80. The molecule has 0 saturated carbocycles. The Morgan fingerprint density at radius 3 is 2.32 bits per heavy atom. The van der Waals surface area contributed by atoms with Crippen molar-refractivity contribution in [1.29, 1.82) is 0 Å². The molecule has 1 amide bonds. The number of ether oxygens (including phenoxy) is 2. The van der Waals surface area contributed by atoms with Crippen LogP contribution in [-0.4, -0.2) is 51.9 Å². The highest BCUT2D eigenvalue weighted by Gasteiger charge is 2.23. The molecule has 0 saturated heterocycles. The van der Waals surface area contributed by atoms with Crippen molar-refractivity contribution >= 4 is 27.6 Å². The topological polar surface area (TPSA) is 102 Å². The monoisotopic (exact) mass is 406 g/mol. The van der Waals surface area contributed by atoms with Gasteiger partial charge in [0.2, 0.25) is 15.9 Å². The highest BCUT2D eigenvalue weighted by atomic mass is 32.2. The van der Waals surface area contributed by atoms with Crippen LogP contribution < -0.4 is 10.1 Å². The molecule has 0 aliphatic heterocycles. The summed E-state index contributed by atoms with van der Waals surface area (Å²) in [6.45, 7) is 1.87. The number of rotatable bonds is 8. The molecule has 28 heavy (non-hydrogen) atoms. The van der Waals surface area contributed by atoms with Crippen LogP contribution in [0.4, 0.5) is 5.69 Å². The van der Waals surface area contributed by atoms with Gasteiger partial charge in [0.05, 0.1) is 36.4 Å². The maximum absolute atomic E-state index is 12.6. The van der Waals surface area contributed by atoms with Crippen LogP contribution >= 0.6 is 0 Å². The van der Waals surface area contributed by atoms with Gasteiger partial charge in [0.1, 0.15) is 5.75 Å². The van der Waals surface area contributed by atoms with Crippen molar-refractivity contribution in [3.05, 3.63) is 54.1 Å². The van der Waals surface area contributed by atoms with Gasteiger partial charge < -0.3 is 14.8 Å². The smallest absolute Gasteiger partial charge is 0.339 e. The first kappa shape index (κ1) is 21.4. The largest absolute Gasteiger partial charge is 0.494 e. The molecule has 0 radical (unpaired) electrons. The zero-order chi connectivity index (χ0) is 20.7. The van der Waals surface area contributed by atoms with Crippen LogP contribution in [0.2, 0.25) is 0 Å². The second-order valence-electron chi connectivity index (χ2n) is 5.75. The first-order valence-corrected chi connectivity index (χ1v) is 9.90. The van der Waals surface area contributed by atoms with E-state index in [2.05, 4.69) is 10.1 Å². The third kappa shape index (κ3) is 5.08. The maximum atomic E-state index is 12.6. The molecule has 0 atom stereocenters. The summed E-state index contributed by atoms with van der Waals surface area (Å²) in [5, 5.41) is 2.54. The van der Waals surface area contributed by atoms with Crippen molar-refractivity contribution in [2.75, 3.05) is 32.6 Å². The summed E-state index contributed by atoms with van der Waals surface area (Å²) in [6.07, 6.45) is 0. The zero-order valence-corrected chi connectivity index (χ0v) is 16.7. The van der Waals surface area contributed by atoms with Crippen LogP contribution in [0.1, 0.15) is 17.3 Å². The fourth-order valence-corrected chi connectivity index (χ4v) is 3.54. The molecule has 2 rings (SSSR count). The number of amides is 1. The molecule has 2 aromatic rings. The number of carbonyl (C=O) groups excluding carboxylic acids is 2. The van der Waals surface area contributed by atoms with E-state index in [9.17, 15) is 18.0 Å². The number of nitrogens with zero attached hydrogens (tertiary/aromatic N) is 1. The van der Waals surface area contributed by atoms with Gasteiger partial charge in [-0.3, -0.25) is 4.79 Å². The van der Waals surface area contributed by atoms with Crippen LogP contribution in [0.5, 0.6) is 5.75 Å². The van der Waals surface area contributed by atoms with E-state index in [1.54, 1.807) is 24.3 Å². The van der Waals surface area contributed by atoms with Gasteiger partial charge in [-0.25, -0.2) is 13.2 Å². The predicted octanol–water partition coefficient (Wildman–Crippen LogP) is 2.13. The number of nitrogens with one attached hydrogen (secondary N) is 1. The number of sulfonamides is 1. The number of carbonyl (C=O) groups is 2. The quantitative estimate of drug-likeness (QED) is 0.674. The maximum Gasteiger partial charge on any atom is 0.339 e. The molecule has 1 N–H and O–H groups in total. The number of esters is 1. The minimum Gasteiger partial charge on any atom is -0.494 e. The Morgan fingerprint density at radius 2 is 1.71 bits per heavy atom. The van der Waals surface area contributed by atoms with Gasteiger partial charge >= 0.3 is 5.97 Å². The summed E-state index contributed by atoms with van der Waals surface area (Å²) in [5.74, 6) is -0.638. The zero-order valence-electron chi connectivity index (χ0n) is 15.8. The van der Waals surface area contributed by atoms with Crippen molar-refractivity contribution in [1.82, 2.24) is 4.31 Å². The van der Waals surface area contributed by atoms with Gasteiger partial charge in [0, 0.05) is 7.05 Å². The Kier molecular flexibility index (Phi) is 7.13. The van der Waals surface area contributed by atoms with E-state index < -0.39 is 28.4 Å². The average molecular weight is 406 g/mol. The highest BCUT2D eigenvalue weighted by molar-refractivity contribution is 7.89. The van der Waals surface area contributed by atoms with Crippen molar-refractivity contribution in [2.45, 2.75) is 11.8 Å². The summed E-state index contributed by atoms with van der Waals surface area (Å²) < 4.78 is 36.2. The lowest BCUT2D eigenvalue weighted by molar-refractivity contribution is -0.116. The van der Waals surface area contributed by atoms with E-state index in [-0.39, 0.29) is 16.1 Å². The Balaban J connectivity index is 2.10. The lowest BCUT2D eigenvalue weighted by atomic mass is 10.2. The van der Waals surface area contributed by atoms with Gasteiger partial charge in [-0.1, -0.05) is 12.1 Å². The molecule has 0 heterocycles. The number of benzene rings is 2. The molecular formula is C19H22N2O6S. The normalized spacial score (nSPS) is 11.1. The summed E-state index contributed by atoms with van der Waals surface area (Å²) in [7, 11) is -1.33. The van der Waals surface area contributed by atoms with Crippen LogP contribution in [-0.2, 0) is 19.6 Å².